The monoisotopic (exact) mass is 265 g/mol. The predicted molar refractivity (Wildman–Crippen MR) is 53.9 cm³/mol. The van der Waals surface area contributed by atoms with Crippen molar-refractivity contribution in [3.05, 3.63) is 35.1 Å². The first kappa shape index (κ1) is 12.8. The van der Waals surface area contributed by atoms with E-state index in [9.17, 15) is 22.0 Å². The molecule has 0 aliphatic heterocycles. The number of halogens is 5. The van der Waals surface area contributed by atoms with Gasteiger partial charge in [0.05, 0.1) is 0 Å². The number of alkyl halides is 3. The lowest BCUT2D eigenvalue weighted by Crippen LogP contribution is -2.28. The van der Waals surface area contributed by atoms with E-state index < -0.39 is 35.2 Å². The first-order valence-electron chi connectivity index (χ1n) is 4.92. The van der Waals surface area contributed by atoms with Gasteiger partial charge in [0.15, 0.2) is 17.4 Å². The van der Waals surface area contributed by atoms with E-state index in [2.05, 4.69) is 0 Å². The number of fused-ring (bicyclic) bond motifs is 1. The van der Waals surface area contributed by atoms with Crippen molar-refractivity contribution in [3.8, 4) is 0 Å². The Morgan fingerprint density at radius 1 is 1.22 bits per heavy atom. The van der Waals surface area contributed by atoms with E-state index in [0.29, 0.717) is 6.07 Å². The Morgan fingerprint density at radius 2 is 1.83 bits per heavy atom. The Kier molecular flexibility index (Phi) is 2.81. The molecule has 0 saturated carbocycles. The summed E-state index contributed by atoms with van der Waals surface area (Å²) in [5.74, 6) is -2.56. The van der Waals surface area contributed by atoms with E-state index in [0.717, 1.165) is 6.07 Å². The summed E-state index contributed by atoms with van der Waals surface area (Å²) in [6.07, 6.45) is -4.71. The van der Waals surface area contributed by atoms with Crippen LogP contribution in [0.1, 0.15) is 17.4 Å². The lowest BCUT2D eigenvalue weighted by molar-refractivity contribution is -0.152. The fraction of sp³-hybridized carbons (Fsp3) is 0.273. The molecule has 1 aromatic heterocycles. The van der Waals surface area contributed by atoms with E-state index in [1.54, 1.807) is 0 Å². The van der Waals surface area contributed by atoms with Crippen LogP contribution >= 0.6 is 0 Å². The highest BCUT2D eigenvalue weighted by Gasteiger charge is 2.41. The summed E-state index contributed by atoms with van der Waals surface area (Å²) in [6.45, 7) is 1.27. The van der Waals surface area contributed by atoms with Gasteiger partial charge in [-0.05, 0) is 13.0 Å². The van der Waals surface area contributed by atoms with Gasteiger partial charge in [0.2, 0.25) is 0 Å². The Bertz CT molecular complexity index is 601. The topological polar surface area (TPSA) is 39.2 Å². The van der Waals surface area contributed by atoms with Crippen molar-refractivity contribution in [2.75, 3.05) is 0 Å². The molecular weight excluding hydrogens is 257 g/mol. The van der Waals surface area contributed by atoms with Crippen molar-refractivity contribution in [1.29, 1.82) is 0 Å². The zero-order valence-electron chi connectivity index (χ0n) is 9.11. The third kappa shape index (κ3) is 1.94. The molecule has 2 rings (SSSR count). The summed E-state index contributed by atoms with van der Waals surface area (Å²) >= 11 is 0. The highest BCUT2D eigenvalue weighted by Crippen LogP contribution is 2.37. The van der Waals surface area contributed by atoms with Crippen LogP contribution in [-0.2, 0) is 0 Å². The Labute approximate surface area is 98.2 Å². The van der Waals surface area contributed by atoms with Crippen molar-refractivity contribution in [2.24, 2.45) is 5.73 Å². The Hall–Kier alpha value is -1.63. The summed E-state index contributed by atoms with van der Waals surface area (Å²) in [7, 11) is 0. The smallest absolute Gasteiger partial charge is 0.410 e. The molecular formula is C11H8F5NO. The second kappa shape index (κ2) is 3.94. The summed E-state index contributed by atoms with van der Waals surface area (Å²) < 4.78 is 68.5. The first-order chi connectivity index (χ1) is 8.21. The number of hydrogen-bond acceptors (Lipinski definition) is 2. The van der Waals surface area contributed by atoms with Crippen molar-refractivity contribution in [3.63, 3.8) is 0 Å². The molecule has 0 saturated heterocycles. The van der Waals surface area contributed by atoms with Crippen LogP contribution in [-0.4, -0.2) is 6.18 Å². The van der Waals surface area contributed by atoms with Gasteiger partial charge in [-0.25, -0.2) is 8.78 Å². The number of rotatable bonds is 1. The second-order valence-electron chi connectivity index (χ2n) is 3.87. The highest BCUT2D eigenvalue weighted by atomic mass is 19.4. The first-order valence-corrected chi connectivity index (χ1v) is 4.92. The molecule has 0 spiro atoms. The minimum atomic E-state index is -4.71. The number of nitrogens with two attached hydrogens (primary N) is 1. The molecule has 2 N–H and O–H groups in total. The minimum absolute atomic E-state index is 0.0202. The number of hydrogen-bond donors (Lipinski definition) is 1. The highest BCUT2D eigenvalue weighted by molar-refractivity contribution is 5.82. The molecule has 0 bridgehead atoms. The molecule has 1 atom stereocenters. The summed E-state index contributed by atoms with van der Waals surface area (Å²) in [6, 6.07) is -0.926. The lowest BCUT2D eigenvalue weighted by Gasteiger charge is -2.13. The van der Waals surface area contributed by atoms with Crippen LogP contribution in [0, 0.1) is 18.6 Å². The normalized spacial score (nSPS) is 14.2. The van der Waals surface area contributed by atoms with Crippen molar-refractivity contribution in [2.45, 2.75) is 19.1 Å². The average molecular weight is 265 g/mol. The van der Waals surface area contributed by atoms with Crippen LogP contribution in [0.5, 0.6) is 0 Å². The van der Waals surface area contributed by atoms with E-state index in [1.165, 1.54) is 6.92 Å². The molecule has 0 radical (unpaired) electrons. The fourth-order valence-electron chi connectivity index (χ4n) is 1.71. The average Bonchev–Trinajstić information content (AvgIpc) is 2.54. The van der Waals surface area contributed by atoms with Gasteiger partial charge in [0, 0.05) is 17.0 Å². The molecule has 0 aliphatic carbocycles. The molecule has 0 aliphatic rings. The number of benzene rings is 1. The summed E-state index contributed by atoms with van der Waals surface area (Å²) in [5.41, 5.74) is 4.54. The third-order valence-electron chi connectivity index (χ3n) is 2.63. The van der Waals surface area contributed by atoms with Crippen LogP contribution < -0.4 is 5.73 Å². The molecule has 0 fully saturated rings. The van der Waals surface area contributed by atoms with E-state index in [4.69, 9.17) is 10.2 Å². The van der Waals surface area contributed by atoms with Crippen molar-refractivity contribution >= 4 is 11.0 Å². The SMILES string of the molecule is Cc1c([C@@H](N)C(F)(F)F)oc2c(F)cc(F)cc12. The van der Waals surface area contributed by atoms with E-state index in [1.807, 2.05) is 0 Å². The zero-order chi connectivity index (χ0) is 13.7. The second-order valence-corrected chi connectivity index (χ2v) is 3.87. The maximum atomic E-state index is 13.3. The van der Waals surface area contributed by atoms with Gasteiger partial charge in [0.25, 0.3) is 0 Å². The summed E-state index contributed by atoms with van der Waals surface area (Å²) in [4.78, 5) is 0. The fourth-order valence-corrected chi connectivity index (χ4v) is 1.71. The van der Waals surface area contributed by atoms with Crippen molar-refractivity contribution < 1.29 is 26.4 Å². The number of aryl methyl sites for hydroxylation is 1. The lowest BCUT2D eigenvalue weighted by atomic mass is 10.1. The van der Waals surface area contributed by atoms with Gasteiger partial charge < -0.3 is 10.2 Å². The summed E-state index contributed by atoms with van der Waals surface area (Å²) in [5, 5.41) is -0.0535. The Balaban J connectivity index is 2.68. The maximum absolute atomic E-state index is 13.3. The maximum Gasteiger partial charge on any atom is 0.410 e. The third-order valence-corrected chi connectivity index (χ3v) is 2.63. The van der Waals surface area contributed by atoms with Gasteiger partial charge >= 0.3 is 6.18 Å². The molecule has 7 heteroatoms. The van der Waals surface area contributed by atoms with Gasteiger partial charge in [0.1, 0.15) is 11.6 Å². The van der Waals surface area contributed by atoms with Gasteiger partial charge in [-0.3, -0.25) is 0 Å². The quantitative estimate of drug-likeness (QED) is 0.800. The molecule has 2 aromatic rings. The molecule has 2 nitrogen and oxygen atoms in total. The Morgan fingerprint density at radius 3 is 2.39 bits per heavy atom. The standard InChI is InChI=1S/C11H8F5NO/c1-4-6-2-5(12)3-7(13)9(6)18-8(4)10(17)11(14,15)16/h2-3,10H,17H2,1H3/t10-/m1/s1. The molecule has 1 aromatic carbocycles. The van der Waals surface area contributed by atoms with Gasteiger partial charge in [-0.2, -0.15) is 13.2 Å². The molecule has 98 valence electrons. The molecule has 0 amide bonds. The minimum Gasteiger partial charge on any atom is -0.456 e. The zero-order valence-corrected chi connectivity index (χ0v) is 9.11. The molecule has 0 unspecified atom stereocenters. The molecule has 18 heavy (non-hydrogen) atoms. The van der Waals surface area contributed by atoms with Gasteiger partial charge in [-0.1, -0.05) is 0 Å². The van der Waals surface area contributed by atoms with E-state index in [-0.39, 0.29) is 10.9 Å². The van der Waals surface area contributed by atoms with E-state index >= 15 is 0 Å². The largest absolute Gasteiger partial charge is 0.456 e. The predicted octanol–water partition coefficient (Wildman–Crippen LogP) is 3.58. The van der Waals surface area contributed by atoms with Gasteiger partial charge in [-0.15, -0.1) is 0 Å². The van der Waals surface area contributed by atoms with Crippen LogP contribution in [0.3, 0.4) is 0 Å². The van der Waals surface area contributed by atoms with Crippen LogP contribution in [0.2, 0.25) is 0 Å². The van der Waals surface area contributed by atoms with Crippen LogP contribution in [0.15, 0.2) is 16.5 Å². The number of furan rings is 1. The van der Waals surface area contributed by atoms with Crippen LogP contribution in [0.25, 0.3) is 11.0 Å². The van der Waals surface area contributed by atoms with Crippen molar-refractivity contribution in [1.82, 2.24) is 0 Å². The molecule has 1 heterocycles. The van der Waals surface area contributed by atoms with Crippen LogP contribution in [0.4, 0.5) is 22.0 Å².